The normalized spacial score (nSPS) is 14.3. The Morgan fingerprint density at radius 1 is 0.955 bits per heavy atom. The average molecular weight is 314 g/mol. The molecule has 0 aliphatic carbocycles. The van der Waals surface area contributed by atoms with E-state index in [2.05, 4.69) is 6.92 Å². The Kier molecular flexibility index (Phi) is 14.4. The largest absolute Gasteiger partial charge is 0.481 e. The van der Waals surface area contributed by atoms with E-state index in [1.807, 2.05) is 6.08 Å². The van der Waals surface area contributed by atoms with Crippen molar-refractivity contribution in [2.45, 2.75) is 96.2 Å². The molecule has 2 atom stereocenters. The molecule has 0 aliphatic heterocycles. The minimum Gasteiger partial charge on any atom is -0.481 e. The van der Waals surface area contributed by atoms with Crippen molar-refractivity contribution in [3.8, 4) is 0 Å². The minimum atomic E-state index is -0.725. The second-order valence-corrected chi connectivity index (χ2v) is 6.08. The highest BCUT2D eigenvalue weighted by Gasteiger charge is 2.03. The van der Waals surface area contributed by atoms with E-state index in [4.69, 9.17) is 5.11 Å². The smallest absolute Gasteiger partial charge is 0.303 e. The van der Waals surface area contributed by atoms with E-state index in [0.29, 0.717) is 6.42 Å². The first kappa shape index (κ1) is 21.1. The first-order chi connectivity index (χ1) is 10.6. The van der Waals surface area contributed by atoms with E-state index < -0.39 is 12.1 Å². The fourth-order valence-corrected chi connectivity index (χ4v) is 2.40. The molecule has 3 N–H and O–H groups in total. The molecule has 4 nitrogen and oxygen atoms in total. The Balaban J connectivity index is 3.46. The number of unbranched alkanes of at least 4 members (excludes halogenated alkanes) is 6. The maximum Gasteiger partial charge on any atom is 0.303 e. The first-order valence-corrected chi connectivity index (χ1v) is 8.80. The molecule has 2 unspecified atom stereocenters. The van der Waals surface area contributed by atoms with Gasteiger partial charge in [-0.15, -0.1) is 0 Å². The molecule has 22 heavy (non-hydrogen) atoms. The SMILES string of the molecule is CCCCCC(O)C/C=C/C(O)CCCCCCCC(=O)O. The van der Waals surface area contributed by atoms with E-state index in [0.717, 1.165) is 64.2 Å². The Morgan fingerprint density at radius 3 is 2.27 bits per heavy atom. The predicted octanol–water partition coefficient (Wildman–Crippen LogP) is 4.05. The molecule has 0 aromatic carbocycles. The highest BCUT2D eigenvalue weighted by Crippen LogP contribution is 2.11. The van der Waals surface area contributed by atoms with Crippen LogP contribution in [-0.2, 0) is 4.79 Å². The standard InChI is InChI=1S/C18H34O4/c1-2-3-7-11-16(19)13-10-14-17(20)12-8-5-4-6-9-15-18(21)22/h10,14,16-17,19-20H,2-9,11-13,15H2,1H3,(H,21,22)/b14-10+. The molecule has 4 heteroatoms. The zero-order valence-corrected chi connectivity index (χ0v) is 14.0. The third kappa shape index (κ3) is 15.5. The summed E-state index contributed by atoms with van der Waals surface area (Å²) in [5, 5.41) is 28.1. The number of carboxylic acid groups (broad SMARTS) is 1. The van der Waals surface area contributed by atoms with Gasteiger partial charge in [-0.1, -0.05) is 64.0 Å². The summed E-state index contributed by atoms with van der Waals surface area (Å²) in [5.74, 6) is -0.725. The fraction of sp³-hybridized carbons (Fsp3) is 0.833. The lowest BCUT2D eigenvalue weighted by Crippen LogP contribution is -2.06. The fourth-order valence-electron chi connectivity index (χ4n) is 2.40. The summed E-state index contributed by atoms with van der Waals surface area (Å²) < 4.78 is 0. The number of hydrogen-bond acceptors (Lipinski definition) is 3. The number of aliphatic hydroxyl groups is 2. The molecule has 0 saturated heterocycles. The van der Waals surface area contributed by atoms with Crippen LogP contribution in [0.3, 0.4) is 0 Å². The van der Waals surface area contributed by atoms with Gasteiger partial charge in [0, 0.05) is 6.42 Å². The van der Waals surface area contributed by atoms with Crippen molar-refractivity contribution in [2.24, 2.45) is 0 Å². The van der Waals surface area contributed by atoms with Crippen LogP contribution in [0.5, 0.6) is 0 Å². The zero-order chi connectivity index (χ0) is 16.6. The number of carbonyl (C=O) groups is 1. The number of carboxylic acids is 1. The van der Waals surface area contributed by atoms with E-state index in [-0.39, 0.29) is 12.5 Å². The molecule has 0 saturated carbocycles. The minimum absolute atomic E-state index is 0.256. The summed E-state index contributed by atoms with van der Waals surface area (Å²) in [5.41, 5.74) is 0. The van der Waals surface area contributed by atoms with Crippen molar-refractivity contribution in [1.29, 1.82) is 0 Å². The van der Waals surface area contributed by atoms with Gasteiger partial charge in [-0.2, -0.15) is 0 Å². The molecule has 130 valence electrons. The first-order valence-electron chi connectivity index (χ1n) is 8.80. The van der Waals surface area contributed by atoms with Gasteiger partial charge in [0.15, 0.2) is 0 Å². The molecule has 0 spiro atoms. The Morgan fingerprint density at radius 2 is 1.59 bits per heavy atom. The van der Waals surface area contributed by atoms with Gasteiger partial charge < -0.3 is 15.3 Å². The van der Waals surface area contributed by atoms with Gasteiger partial charge in [-0.3, -0.25) is 4.79 Å². The van der Waals surface area contributed by atoms with Gasteiger partial charge in [0.05, 0.1) is 12.2 Å². The van der Waals surface area contributed by atoms with E-state index >= 15 is 0 Å². The lowest BCUT2D eigenvalue weighted by Gasteiger charge is -2.08. The summed E-state index contributed by atoms with van der Waals surface area (Å²) in [6.45, 7) is 2.15. The van der Waals surface area contributed by atoms with Crippen LogP contribution in [0.15, 0.2) is 12.2 Å². The van der Waals surface area contributed by atoms with E-state index in [1.165, 1.54) is 0 Å². The van der Waals surface area contributed by atoms with E-state index in [1.54, 1.807) is 6.08 Å². The topological polar surface area (TPSA) is 77.8 Å². The third-order valence-electron chi connectivity index (χ3n) is 3.80. The lowest BCUT2D eigenvalue weighted by atomic mass is 10.1. The maximum atomic E-state index is 10.3. The van der Waals surface area contributed by atoms with Crippen molar-refractivity contribution in [1.82, 2.24) is 0 Å². The van der Waals surface area contributed by atoms with E-state index in [9.17, 15) is 15.0 Å². The quantitative estimate of drug-likeness (QED) is 0.315. The molecule has 0 amide bonds. The highest BCUT2D eigenvalue weighted by atomic mass is 16.4. The van der Waals surface area contributed by atoms with Gasteiger partial charge in [-0.05, 0) is 25.7 Å². The molecule has 0 heterocycles. The van der Waals surface area contributed by atoms with Crippen molar-refractivity contribution in [3.05, 3.63) is 12.2 Å². The Bertz CT molecular complexity index is 289. The monoisotopic (exact) mass is 314 g/mol. The molecule has 0 rings (SSSR count). The second kappa shape index (κ2) is 15.0. The van der Waals surface area contributed by atoms with Crippen LogP contribution in [0.1, 0.15) is 84.0 Å². The van der Waals surface area contributed by atoms with Crippen LogP contribution in [0.2, 0.25) is 0 Å². The summed E-state index contributed by atoms with van der Waals surface area (Å²) >= 11 is 0. The molecule has 0 fully saturated rings. The lowest BCUT2D eigenvalue weighted by molar-refractivity contribution is -0.137. The van der Waals surface area contributed by atoms with Crippen molar-refractivity contribution in [2.75, 3.05) is 0 Å². The summed E-state index contributed by atoms with van der Waals surface area (Å²) in [7, 11) is 0. The molecular formula is C18H34O4. The number of rotatable bonds is 15. The van der Waals surface area contributed by atoms with Crippen LogP contribution in [-0.4, -0.2) is 33.5 Å². The second-order valence-electron chi connectivity index (χ2n) is 6.08. The summed E-state index contributed by atoms with van der Waals surface area (Å²) in [6, 6.07) is 0. The molecule has 0 aromatic rings. The zero-order valence-electron chi connectivity index (χ0n) is 14.0. The maximum absolute atomic E-state index is 10.3. The van der Waals surface area contributed by atoms with Crippen LogP contribution < -0.4 is 0 Å². The van der Waals surface area contributed by atoms with Crippen molar-refractivity contribution in [3.63, 3.8) is 0 Å². The third-order valence-corrected chi connectivity index (χ3v) is 3.80. The highest BCUT2D eigenvalue weighted by molar-refractivity contribution is 5.66. The molecule has 0 bridgehead atoms. The van der Waals surface area contributed by atoms with Crippen LogP contribution >= 0.6 is 0 Å². The summed E-state index contributed by atoms with van der Waals surface area (Å²) in [6.07, 6.45) is 13.5. The van der Waals surface area contributed by atoms with Gasteiger partial charge in [-0.25, -0.2) is 0 Å². The van der Waals surface area contributed by atoms with Gasteiger partial charge >= 0.3 is 5.97 Å². The van der Waals surface area contributed by atoms with Crippen LogP contribution in [0.25, 0.3) is 0 Å². The predicted molar refractivity (Wildman–Crippen MR) is 89.9 cm³/mol. The number of hydrogen-bond donors (Lipinski definition) is 3. The van der Waals surface area contributed by atoms with Gasteiger partial charge in [0.25, 0.3) is 0 Å². The van der Waals surface area contributed by atoms with Gasteiger partial charge in [0.1, 0.15) is 0 Å². The summed E-state index contributed by atoms with van der Waals surface area (Å²) in [4.78, 5) is 10.3. The number of aliphatic carboxylic acids is 1. The Hall–Kier alpha value is -0.870. The van der Waals surface area contributed by atoms with Crippen molar-refractivity contribution < 1.29 is 20.1 Å². The van der Waals surface area contributed by atoms with Crippen molar-refractivity contribution >= 4 is 5.97 Å². The molecular weight excluding hydrogens is 280 g/mol. The van der Waals surface area contributed by atoms with Crippen LogP contribution in [0.4, 0.5) is 0 Å². The average Bonchev–Trinajstić information content (AvgIpc) is 2.46. The molecule has 0 aliphatic rings. The molecule has 0 radical (unpaired) electrons. The van der Waals surface area contributed by atoms with Gasteiger partial charge in [0.2, 0.25) is 0 Å². The number of aliphatic hydroxyl groups excluding tert-OH is 2. The molecule has 0 aromatic heterocycles. The Labute approximate surface area is 135 Å². The van der Waals surface area contributed by atoms with Crippen LogP contribution in [0, 0.1) is 0 Å².